The van der Waals surface area contributed by atoms with Crippen LogP contribution in [-0.4, -0.2) is 15.9 Å². The van der Waals surface area contributed by atoms with E-state index in [1.807, 2.05) is 0 Å². The molecule has 9 unspecified atom stereocenters. The summed E-state index contributed by atoms with van der Waals surface area (Å²) in [5.74, 6) is 5.69. The Hall–Kier alpha value is 1.11. The molecule has 4 rings (SSSR count). The molecular weight excluding hydrogens is 442 g/mol. The van der Waals surface area contributed by atoms with Crippen molar-refractivity contribution in [3.8, 4) is 0 Å². The second kappa shape index (κ2) is 10.8. The van der Waals surface area contributed by atoms with Gasteiger partial charge in [0.2, 0.25) is 0 Å². The average Bonchev–Trinajstić information content (AvgIpc) is 3.04. The molecular formula is C27H49NaO4P+. The van der Waals surface area contributed by atoms with Crippen LogP contribution in [0.5, 0.6) is 0 Å². The normalized spacial score (nSPS) is 43.9. The van der Waals surface area contributed by atoms with E-state index in [4.69, 9.17) is 4.52 Å². The first-order chi connectivity index (χ1) is 14.9. The molecule has 4 nitrogen and oxygen atoms in total. The van der Waals surface area contributed by atoms with Crippen molar-refractivity contribution in [3.63, 3.8) is 0 Å². The van der Waals surface area contributed by atoms with Crippen LogP contribution in [0.3, 0.4) is 0 Å². The fraction of sp³-hybridized carbons (Fsp3) is 1.00. The number of hydrogen-bond donors (Lipinski definition) is 2. The van der Waals surface area contributed by atoms with Crippen molar-refractivity contribution in [1.29, 1.82) is 0 Å². The number of fused-ring (bicyclic) bond motifs is 5. The maximum Gasteiger partial charge on any atom is 1.00 e. The first kappa shape index (κ1) is 28.7. The van der Waals surface area contributed by atoms with Gasteiger partial charge in [-0.15, -0.1) is 0 Å². The predicted molar refractivity (Wildman–Crippen MR) is 130 cm³/mol. The SMILES string of the molecule is CC(C)CCCC(C)C1CCC2C3CCC4CC(OP(=O)(O)O)CCC4(C)C3CCC12C.[Na+]. The molecule has 33 heavy (non-hydrogen) atoms. The van der Waals surface area contributed by atoms with E-state index in [0.29, 0.717) is 16.7 Å². The molecule has 4 saturated carbocycles. The molecule has 0 saturated heterocycles. The Morgan fingerprint density at radius 2 is 1.58 bits per heavy atom. The van der Waals surface area contributed by atoms with Crippen LogP contribution in [0.15, 0.2) is 0 Å². The van der Waals surface area contributed by atoms with E-state index in [-0.39, 0.29) is 35.7 Å². The van der Waals surface area contributed by atoms with E-state index in [1.54, 1.807) is 0 Å². The molecule has 0 aliphatic heterocycles. The van der Waals surface area contributed by atoms with Gasteiger partial charge in [-0.1, -0.05) is 53.9 Å². The summed E-state index contributed by atoms with van der Waals surface area (Å²) in [5, 5.41) is 0. The number of rotatable bonds is 7. The molecule has 0 aromatic carbocycles. The maximum atomic E-state index is 11.4. The first-order valence-electron chi connectivity index (χ1n) is 13.7. The summed E-state index contributed by atoms with van der Waals surface area (Å²) in [6.45, 7) is 12.4. The van der Waals surface area contributed by atoms with Crippen LogP contribution in [-0.2, 0) is 9.09 Å². The van der Waals surface area contributed by atoms with E-state index >= 15 is 0 Å². The zero-order chi connectivity index (χ0) is 23.3. The average molecular weight is 492 g/mol. The summed E-state index contributed by atoms with van der Waals surface area (Å²) < 4.78 is 16.5. The van der Waals surface area contributed by atoms with Gasteiger partial charge in [0.05, 0.1) is 6.10 Å². The Morgan fingerprint density at radius 3 is 2.24 bits per heavy atom. The van der Waals surface area contributed by atoms with E-state index in [0.717, 1.165) is 54.8 Å². The van der Waals surface area contributed by atoms with Gasteiger partial charge < -0.3 is 9.79 Å². The molecule has 4 aliphatic rings. The Bertz CT molecular complexity index is 710. The van der Waals surface area contributed by atoms with Crippen LogP contribution in [0, 0.1) is 52.3 Å². The Kier molecular flexibility index (Phi) is 9.42. The van der Waals surface area contributed by atoms with Crippen molar-refractivity contribution in [2.45, 2.75) is 118 Å². The third-order valence-corrected chi connectivity index (χ3v) is 11.7. The zero-order valence-electron chi connectivity index (χ0n) is 22.3. The number of phosphoric acid groups is 1. The van der Waals surface area contributed by atoms with Crippen molar-refractivity contribution in [2.24, 2.45) is 52.3 Å². The third-order valence-electron chi connectivity index (χ3n) is 11.1. The Morgan fingerprint density at radius 1 is 0.909 bits per heavy atom. The van der Waals surface area contributed by atoms with Crippen molar-refractivity contribution in [1.82, 2.24) is 0 Å². The smallest absolute Gasteiger partial charge is 0.303 e. The molecule has 0 heterocycles. The minimum absolute atomic E-state index is 0. The Balaban J connectivity index is 0.00000306. The predicted octanol–water partition coefficient (Wildman–Crippen LogP) is 4.59. The van der Waals surface area contributed by atoms with Crippen molar-refractivity contribution in [3.05, 3.63) is 0 Å². The van der Waals surface area contributed by atoms with E-state index in [2.05, 4.69) is 34.6 Å². The van der Waals surface area contributed by atoms with Crippen LogP contribution in [0.4, 0.5) is 0 Å². The minimum atomic E-state index is -4.39. The fourth-order valence-electron chi connectivity index (χ4n) is 9.53. The molecule has 0 spiro atoms. The fourth-order valence-corrected chi connectivity index (χ4v) is 10.1. The molecule has 6 heteroatoms. The standard InChI is InChI=1S/C27H49O4P.Na/c1-18(2)7-6-8-19(3)23-11-12-24-22-10-9-20-17-21(31-32(28,29)30)13-15-26(20,4)25(22)14-16-27(23,24)5;/h18-25H,6-17H2,1-5H3,(H2,28,29,30);/q;+1. The number of hydrogen-bond acceptors (Lipinski definition) is 2. The molecule has 4 aliphatic carbocycles. The first-order valence-corrected chi connectivity index (χ1v) is 15.2. The molecule has 9 atom stereocenters. The van der Waals surface area contributed by atoms with Crippen LogP contribution in [0.2, 0.25) is 0 Å². The monoisotopic (exact) mass is 491 g/mol. The molecule has 2 N–H and O–H groups in total. The van der Waals surface area contributed by atoms with Crippen LogP contribution in [0.25, 0.3) is 0 Å². The van der Waals surface area contributed by atoms with Gasteiger partial charge in [-0.2, -0.15) is 0 Å². The zero-order valence-corrected chi connectivity index (χ0v) is 25.2. The van der Waals surface area contributed by atoms with E-state index < -0.39 is 7.82 Å². The van der Waals surface area contributed by atoms with Crippen molar-refractivity contribution >= 4 is 7.82 Å². The van der Waals surface area contributed by atoms with Crippen LogP contribution in [0.1, 0.15) is 112 Å². The second-order valence-electron chi connectivity index (χ2n) is 13.2. The Labute approximate surface area is 225 Å². The van der Waals surface area contributed by atoms with Gasteiger partial charge in [-0.3, -0.25) is 4.52 Å². The summed E-state index contributed by atoms with van der Waals surface area (Å²) in [4.78, 5) is 18.6. The summed E-state index contributed by atoms with van der Waals surface area (Å²) in [7, 11) is -4.39. The second-order valence-corrected chi connectivity index (χ2v) is 14.4. The van der Waals surface area contributed by atoms with Gasteiger partial charge in [0.15, 0.2) is 0 Å². The topological polar surface area (TPSA) is 66.8 Å². The van der Waals surface area contributed by atoms with Gasteiger partial charge in [0.25, 0.3) is 0 Å². The summed E-state index contributed by atoms with van der Waals surface area (Å²) in [6, 6.07) is 0. The maximum absolute atomic E-state index is 11.4. The van der Waals surface area contributed by atoms with E-state index in [9.17, 15) is 14.4 Å². The minimum Gasteiger partial charge on any atom is -0.303 e. The molecule has 0 amide bonds. The van der Waals surface area contributed by atoms with Crippen molar-refractivity contribution in [2.75, 3.05) is 0 Å². The van der Waals surface area contributed by atoms with Crippen LogP contribution >= 0.6 is 7.82 Å². The van der Waals surface area contributed by atoms with Gasteiger partial charge in [-0.25, -0.2) is 4.57 Å². The largest absolute Gasteiger partial charge is 1.00 e. The molecule has 0 bridgehead atoms. The van der Waals surface area contributed by atoms with Gasteiger partial charge in [0.1, 0.15) is 0 Å². The molecule has 0 aromatic heterocycles. The summed E-state index contributed by atoms with van der Waals surface area (Å²) in [5.41, 5.74) is 0.863. The number of phosphoric ester groups is 1. The summed E-state index contributed by atoms with van der Waals surface area (Å²) >= 11 is 0. The summed E-state index contributed by atoms with van der Waals surface area (Å²) in [6.07, 6.45) is 14.8. The van der Waals surface area contributed by atoms with Gasteiger partial charge in [0, 0.05) is 0 Å². The molecule has 0 aromatic rings. The quantitative estimate of drug-likeness (QED) is 0.404. The third kappa shape index (κ3) is 5.83. The van der Waals surface area contributed by atoms with Crippen LogP contribution < -0.4 is 29.6 Å². The van der Waals surface area contributed by atoms with Crippen molar-refractivity contribution < 1.29 is 48.4 Å². The molecule has 186 valence electrons. The molecule has 4 fully saturated rings. The van der Waals surface area contributed by atoms with Gasteiger partial charge >= 0.3 is 37.4 Å². The van der Waals surface area contributed by atoms with E-state index in [1.165, 1.54) is 57.8 Å². The van der Waals surface area contributed by atoms with Gasteiger partial charge in [-0.05, 0) is 110 Å². The molecule has 0 radical (unpaired) electrons.